The van der Waals surface area contributed by atoms with E-state index in [4.69, 9.17) is 4.74 Å². The molecule has 1 fully saturated rings. The Morgan fingerprint density at radius 2 is 2.00 bits per heavy atom. The summed E-state index contributed by atoms with van der Waals surface area (Å²) in [5, 5.41) is 8.52. The predicted octanol–water partition coefficient (Wildman–Crippen LogP) is 2.20. The van der Waals surface area contributed by atoms with Gasteiger partial charge >= 0.3 is 5.69 Å². The summed E-state index contributed by atoms with van der Waals surface area (Å²) in [5.41, 5.74) is 0.819. The van der Waals surface area contributed by atoms with Crippen LogP contribution in [0, 0.1) is 5.92 Å². The summed E-state index contributed by atoms with van der Waals surface area (Å²) in [7, 11) is 1.65. The van der Waals surface area contributed by atoms with E-state index in [2.05, 4.69) is 15.4 Å². The largest absolute Gasteiger partial charge is 0.490 e. The van der Waals surface area contributed by atoms with Crippen LogP contribution in [-0.4, -0.2) is 37.4 Å². The number of carbonyl (C=O) groups is 1. The molecule has 1 unspecified atom stereocenters. The summed E-state index contributed by atoms with van der Waals surface area (Å²) in [6, 6.07) is 10.1. The van der Waals surface area contributed by atoms with E-state index in [-0.39, 0.29) is 29.7 Å². The van der Waals surface area contributed by atoms with Gasteiger partial charge in [-0.1, -0.05) is 6.07 Å². The van der Waals surface area contributed by atoms with E-state index < -0.39 is 0 Å². The zero-order chi connectivity index (χ0) is 21.4. The number of aryl methyl sites for hydroxylation is 2. The lowest BCUT2D eigenvalue weighted by atomic mass is 9.91. The van der Waals surface area contributed by atoms with E-state index in [0.717, 1.165) is 54.6 Å². The summed E-state index contributed by atoms with van der Waals surface area (Å²) >= 11 is 0. The number of benzene rings is 1. The maximum absolute atomic E-state index is 12.8. The van der Waals surface area contributed by atoms with Gasteiger partial charge in [0.05, 0.1) is 17.5 Å². The highest BCUT2D eigenvalue weighted by atomic mass is 16.5. The normalized spacial score (nSPS) is 23.3. The molecule has 1 atom stereocenters. The van der Waals surface area contributed by atoms with E-state index in [0.29, 0.717) is 13.0 Å². The van der Waals surface area contributed by atoms with Crippen molar-refractivity contribution in [3.63, 3.8) is 0 Å². The van der Waals surface area contributed by atoms with Crippen molar-refractivity contribution in [1.82, 2.24) is 24.6 Å². The third-order valence-corrected chi connectivity index (χ3v) is 6.47. The minimum absolute atomic E-state index is 0.0489. The van der Waals surface area contributed by atoms with Crippen LogP contribution in [0.3, 0.4) is 0 Å². The maximum atomic E-state index is 12.8. The van der Waals surface area contributed by atoms with Gasteiger partial charge in [0.25, 0.3) is 0 Å². The smallest absolute Gasteiger partial charge is 0.345 e. The van der Waals surface area contributed by atoms with Crippen molar-refractivity contribution in [2.45, 2.75) is 57.2 Å². The number of fused-ring (bicyclic) bond motifs is 2. The van der Waals surface area contributed by atoms with Crippen molar-refractivity contribution in [3.8, 4) is 5.75 Å². The molecule has 3 aromatic rings. The highest BCUT2D eigenvalue weighted by Crippen LogP contribution is 2.26. The third kappa shape index (κ3) is 4.06. The van der Waals surface area contributed by atoms with E-state index in [1.807, 2.05) is 30.3 Å². The average molecular weight is 422 g/mol. The Labute approximate surface area is 180 Å². The molecule has 0 saturated heterocycles. The van der Waals surface area contributed by atoms with Gasteiger partial charge in [-0.15, -0.1) is 0 Å². The van der Waals surface area contributed by atoms with Gasteiger partial charge in [0.15, 0.2) is 0 Å². The van der Waals surface area contributed by atoms with Crippen LogP contribution in [0.4, 0.5) is 0 Å². The van der Waals surface area contributed by atoms with E-state index in [1.165, 1.54) is 4.68 Å². The molecule has 1 aromatic carbocycles. The van der Waals surface area contributed by atoms with Gasteiger partial charge in [-0.2, -0.15) is 5.10 Å². The van der Waals surface area contributed by atoms with Crippen molar-refractivity contribution in [2.24, 2.45) is 13.0 Å². The minimum atomic E-state index is -0.172. The van der Waals surface area contributed by atoms with E-state index in [9.17, 15) is 9.59 Å². The second-order valence-electron chi connectivity index (χ2n) is 8.63. The lowest BCUT2D eigenvalue weighted by molar-refractivity contribution is -0.127. The van der Waals surface area contributed by atoms with Crippen LogP contribution in [0.5, 0.6) is 5.75 Å². The summed E-state index contributed by atoms with van der Waals surface area (Å²) in [5.74, 6) is 1.52. The summed E-state index contributed by atoms with van der Waals surface area (Å²) < 4.78 is 9.19. The lowest BCUT2D eigenvalue weighted by Gasteiger charge is -2.31. The van der Waals surface area contributed by atoms with Crippen molar-refractivity contribution >= 4 is 16.8 Å². The molecular formula is C23H27N5O3. The first kappa shape index (κ1) is 19.8. The van der Waals surface area contributed by atoms with Crippen LogP contribution in [-0.2, 0) is 24.8 Å². The summed E-state index contributed by atoms with van der Waals surface area (Å²) in [6.45, 7) is 0.420. The highest BCUT2D eigenvalue weighted by molar-refractivity contribution is 5.80. The van der Waals surface area contributed by atoms with Gasteiger partial charge < -0.3 is 10.1 Å². The fraction of sp³-hybridized carbons (Fsp3) is 0.478. The van der Waals surface area contributed by atoms with Gasteiger partial charge in [-0.25, -0.2) is 9.48 Å². The highest BCUT2D eigenvalue weighted by Gasteiger charge is 2.30. The van der Waals surface area contributed by atoms with Crippen LogP contribution in [0.2, 0.25) is 0 Å². The molecule has 5 rings (SSSR count). The number of rotatable bonds is 4. The molecule has 8 nitrogen and oxygen atoms in total. The van der Waals surface area contributed by atoms with Crippen molar-refractivity contribution in [3.05, 3.63) is 52.8 Å². The number of nitrogens with one attached hydrogen (secondary N) is 1. The SMILES string of the molecule is Cn1nc2n(c1=O)CC(C(=O)NC1CCC(Oc3ccc4ncccc4c3)CC1)CC2. The van der Waals surface area contributed by atoms with E-state index >= 15 is 0 Å². The number of hydrogen-bond donors (Lipinski definition) is 1. The fourth-order valence-electron chi connectivity index (χ4n) is 4.72. The molecule has 162 valence electrons. The molecule has 1 N–H and O–H groups in total. The molecule has 0 spiro atoms. The van der Waals surface area contributed by atoms with E-state index in [1.54, 1.807) is 17.8 Å². The molecule has 1 aliphatic carbocycles. The standard InChI is InChI=1S/C23H27N5O3/c1-27-23(30)28-14-16(4-11-21(28)26-27)22(29)25-17-5-7-18(8-6-17)31-19-9-10-20-15(13-19)3-2-12-24-20/h2-3,9-10,12-13,16-18H,4-8,11,14H2,1H3,(H,25,29). The molecule has 0 bridgehead atoms. The molecule has 2 aromatic heterocycles. The number of amides is 1. The first-order valence-corrected chi connectivity index (χ1v) is 11.0. The Bertz CT molecular complexity index is 1160. The Morgan fingerprint density at radius 3 is 2.84 bits per heavy atom. The van der Waals surface area contributed by atoms with Crippen LogP contribution >= 0.6 is 0 Å². The third-order valence-electron chi connectivity index (χ3n) is 6.47. The van der Waals surface area contributed by atoms with Crippen LogP contribution in [0.25, 0.3) is 10.9 Å². The summed E-state index contributed by atoms with van der Waals surface area (Å²) in [4.78, 5) is 29.3. The van der Waals surface area contributed by atoms with Crippen LogP contribution in [0.1, 0.15) is 37.9 Å². The Balaban J connectivity index is 1.13. The van der Waals surface area contributed by atoms with Crippen molar-refractivity contribution in [2.75, 3.05) is 0 Å². The zero-order valence-electron chi connectivity index (χ0n) is 17.7. The Morgan fingerprint density at radius 1 is 1.16 bits per heavy atom. The average Bonchev–Trinajstić information content (AvgIpc) is 3.08. The molecule has 2 aliphatic rings. The quantitative estimate of drug-likeness (QED) is 0.697. The number of carbonyl (C=O) groups excluding carboxylic acids is 1. The Hall–Kier alpha value is -3.16. The first-order valence-electron chi connectivity index (χ1n) is 11.0. The van der Waals surface area contributed by atoms with Gasteiger partial charge in [-0.3, -0.25) is 14.3 Å². The van der Waals surface area contributed by atoms with Gasteiger partial charge in [-0.05, 0) is 56.4 Å². The number of nitrogens with zero attached hydrogens (tertiary/aromatic N) is 4. The first-order chi connectivity index (χ1) is 15.1. The Kier molecular flexibility index (Phi) is 5.21. The fourth-order valence-corrected chi connectivity index (χ4v) is 4.72. The second kappa shape index (κ2) is 8.17. The summed E-state index contributed by atoms with van der Waals surface area (Å²) in [6.07, 6.45) is 6.97. The number of hydrogen-bond acceptors (Lipinski definition) is 5. The van der Waals surface area contributed by atoms with Crippen molar-refractivity contribution < 1.29 is 9.53 Å². The molecule has 1 amide bonds. The molecule has 0 radical (unpaired) electrons. The number of pyridine rings is 1. The molecule has 1 aliphatic heterocycles. The molecule has 1 saturated carbocycles. The molecule has 8 heteroatoms. The molecule has 3 heterocycles. The lowest BCUT2D eigenvalue weighted by Crippen LogP contribution is -2.45. The maximum Gasteiger partial charge on any atom is 0.345 e. The van der Waals surface area contributed by atoms with Crippen molar-refractivity contribution in [1.29, 1.82) is 0 Å². The van der Waals surface area contributed by atoms with Crippen LogP contribution in [0.15, 0.2) is 41.3 Å². The number of ether oxygens (including phenoxy) is 1. The minimum Gasteiger partial charge on any atom is -0.490 e. The predicted molar refractivity (Wildman–Crippen MR) is 116 cm³/mol. The van der Waals surface area contributed by atoms with Gasteiger partial charge in [0.2, 0.25) is 5.91 Å². The topological polar surface area (TPSA) is 91.0 Å². The zero-order valence-corrected chi connectivity index (χ0v) is 17.7. The molecule has 31 heavy (non-hydrogen) atoms. The monoisotopic (exact) mass is 421 g/mol. The van der Waals surface area contributed by atoms with Crippen LogP contribution < -0.4 is 15.7 Å². The van der Waals surface area contributed by atoms with Gasteiger partial charge in [0, 0.05) is 37.6 Å². The number of aromatic nitrogens is 4. The molecular weight excluding hydrogens is 394 g/mol. The second-order valence-corrected chi connectivity index (χ2v) is 8.63. The van der Waals surface area contributed by atoms with Gasteiger partial charge in [0.1, 0.15) is 11.6 Å².